The number of esters is 2. The number of carbonyl (C=O) groups excluding carboxylic acids is 2. The van der Waals surface area contributed by atoms with Crippen molar-refractivity contribution in [2.75, 3.05) is 20.3 Å². The molecule has 0 aliphatic heterocycles. The van der Waals surface area contributed by atoms with Gasteiger partial charge in [-0.25, -0.2) is 0 Å². The van der Waals surface area contributed by atoms with E-state index in [1.165, 1.54) is 25.3 Å². The minimum absolute atomic E-state index is 0.0694. The van der Waals surface area contributed by atoms with E-state index >= 15 is 0 Å². The molecule has 1 rings (SSSR count). The molecular weight excluding hydrogens is 344 g/mol. The molecule has 1 aromatic carbocycles. The van der Waals surface area contributed by atoms with Crippen molar-refractivity contribution < 1.29 is 28.7 Å². The van der Waals surface area contributed by atoms with Crippen molar-refractivity contribution in [2.45, 2.75) is 32.1 Å². The lowest BCUT2D eigenvalue weighted by Crippen LogP contribution is -2.33. The van der Waals surface area contributed by atoms with Gasteiger partial charge in [0.05, 0.1) is 49.7 Å². The number of benzene rings is 1. The maximum atomic E-state index is 12.0. The standard InChI is InChI=1S/C17H20N2O7/c1-4-25-14(20)9-17(11-18,10-15(21)26-5-2)12-7-6-8-13(24-3)16(12)19(22)23/h6-8H,4-5,9-10H2,1-3H3. The fourth-order valence-electron chi connectivity index (χ4n) is 2.57. The van der Waals surface area contributed by atoms with Crippen LogP contribution in [0.1, 0.15) is 32.3 Å². The fraction of sp³-hybridized carbons (Fsp3) is 0.471. The second-order valence-corrected chi connectivity index (χ2v) is 5.27. The summed E-state index contributed by atoms with van der Waals surface area (Å²) in [6.07, 6.45) is -1.08. The Labute approximate surface area is 150 Å². The Bertz CT molecular complexity index is 704. The molecule has 9 heteroatoms. The van der Waals surface area contributed by atoms with Crippen LogP contribution in [0.25, 0.3) is 0 Å². The highest BCUT2D eigenvalue weighted by atomic mass is 16.6. The van der Waals surface area contributed by atoms with Crippen LogP contribution in [-0.4, -0.2) is 37.2 Å². The summed E-state index contributed by atoms with van der Waals surface area (Å²) in [7, 11) is 1.25. The number of nitro groups is 1. The first-order valence-corrected chi connectivity index (χ1v) is 7.89. The van der Waals surface area contributed by atoms with Gasteiger partial charge < -0.3 is 14.2 Å². The van der Waals surface area contributed by atoms with E-state index in [9.17, 15) is 25.0 Å². The highest BCUT2D eigenvalue weighted by Crippen LogP contribution is 2.42. The van der Waals surface area contributed by atoms with Gasteiger partial charge in [-0.3, -0.25) is 19.7 Å². The third-order valence-electron chi connectivity index (χ3n) is 3.63. The Balaban J connectivity index is 3.58. The largest absolute Gasteiger partial charge is 0.490 e. The average Bonchev–Trinajstić information content (AvgIpc) is 2.60. The third kappa shape index (κ3) is 4.69. The molecule has 0 saturated heterocycles. The number of rotatable bonds is 9. The third-order valence-corrected chi connectivity index (χ3v) is 3.63. The van der Waals surface area contributed by atoms with E-state index in [1.807, 2.05) is 6.07 Å². The van der Waals surface area contributed by atoms with E-state index in [2.05, 4.69) is 0 Å². The smallest absolute Gasteiger partial charge is 0.315 e. The van der Waals surface area contributed by atoms with Crippen LogP contribution < -0.4 is 4.74 Å². The summed E-state index contributed by atoms with van der Waals surface area (Å²) >= 11 is 0. The number of nitriles is 1. The topological polar surface area (TPSA) is 129 Å². The van der Waals surface area contributed by atoms with Crippen molar-refractivity contribution in [2.24, 2.45) is 0 Å². The number of ether oxygens (including phenoxy) is 3. The quantitative estimate of drug-likeness (QED) is 0.371. The normalized spacial score (nSPS) is 10.5. The minimum Gasteiger partial charge on any atom is -0.490 e. The minimum atomic E-state index is -1.82. The first kappa shape index (κ1) is 20.9. The molecule has 140 valence electrons. The Morgan fingerprint density at radius 1 is 1.19 bits per heavy atom. The van der Waals surface area contributed by atoms with E-state index < -0.39 is 40.8 Å². The zero-order chi connectivity index (χ0) is 19.7. The fourth-order valence-corrected chi connectivity index (χ4v) is 2.57. The molecule has 0 amide bonds. The molecule has 0 heterocycles. The second kappa shape index (κ2) is 9.36. The maximum absolute atomic E-state index is 12.0. The first-order valence-electron chi connectivity index (χ1n) is 7.89. The molecular formula is C17H20N2O7. The molecule has 1 aromatic rings. The van der Waals surface area contributed by atoms with Crippen molar-refractivity contribution in [3.05, 3.63) is 33.9 Å². The number of methoxy groups -OCH3 is 1. The molecule has 0 N–H and O–H groups in total. The van der Waals surface area contributed by atoms with Gasteiger partial charge in [0.15, 0.2) is 5.75 Å². The number of carbonyl (C=O) groups is 2. The summed E-state index contributed by atoms with van der Waals surface area (Å²) in [5.41, 5.74) is -2.41. The van der Waals surface area contributed by atoms with Gasteiger partial charge in [0.25, 0.3) is 0 Å². The summed E-state index contributed by atoms with van der Waals surface area (Å²) in [4.78, 5) is 34.9. The van der Waals surface area contributed by atoms with Crippen LogP contribution in [-0.2, 0) is 24.5 Å². The van der Waals surface area contributed by atoms with Crippen molar-refractivity contribution in [1.29, 1.82) is 5.26 Å². The Morgan fingerprint density at radius 2 is 1.73 bits per heavy atom. The summed E-state index contributed by atoms with van der Waals surface area (Å²) < 4.78 is 14.8. The van der Waals surface area contributed by atoms with Crippen LogP contribution in [0.2, 0.25) is 0 Å². The molecule has 0 aromatic heterocycles. The highest BCUT2D eigenvalue weighted by molar-refractivity contribution is 5.79. The molecule has 0 aliphatic rings. The molecule has 0 saturated carbocycles. The average molecular weight is 364 g/mol. The lowest BCUT2D eigenvalue weighted by Gasteiger charge is -2.25. The Hall–Kier alpha value is -3.15. The van der Waals surface area contributed by atoms with E-state index in [0.717, 1.165) is 0 Å². The van der Waals surface area contributed by atoms with Gasteiger partial charge >= 0.3 is 17.6 Å². The SMILES string of the molecule is CCOC(=O)CC(C#N)(CC(=O)OCC)c1cccc(OC)c1[N+](=O)[O-]. The van der Waals surface area contributed by atoms with E-state index in [4.69, 9.17) is 14.2 Å². The summed E-state index contributed by atoms with van der Waals surface area (Å²) in [6.45, 7) is 3.32. The van der Waals surface area contributed by atoms with Crippen LogP contribution in [0.5, 0.6) is 5.75 Å². The lowest BCUT2D eigenvalue weighted by molar-refractivity contribution is -0.386. The van der Waals surface area contributed by atoms with E-state index in [-0.39, 0.29) is 24.5 Å². The highest BCUT2D eigenvalue weighted by Gasteiger charge is 2.44. The van der Waals surface area contributed by atoms with Crippen molar-refractivity contribution in [1.82, 2.24) is 0 Å². The first-order chi connectivity index (χ1) is 12.3. The van der Waals surface area contributed by atoms with Crippen LogP contribution >= 0.6 is 0 Å². The number of nitrogens with zero attached hydrogens (tertiary/aromatic N) is 2. The lowest BCUT2D eigenvalue weighted by atomic mass is 9.75. The molecule has 0 aliphatic carbocycles. The van der Waals surface area contributed by atoms with Gasteiger partial charge in [-0.05, 0) is 19.9 Å². The summed E-state index contributed by atoms with van der Waals surface area (Å²) in [5, 5.41) is 21.4. The number of nitro benzene ring substituents is 1. The van der Waals surface area contributed by atoms with Crippen molar-refractivity contribution in [3.8, 4) is 11.8 Å². The predicted molar refractivity (Wildman–Crippen MR) is 89.4 cm³/mol. The van der Waals surface area contributed by atoms with Gasteiger partial charge in [-0.2, -0.15) is 5.26 Å². The van der Waals surface area contributed by atoms with Gasteiger partial charge in [-0.1, -0.05) is 12.1 Å². The summed E-state index contributed by atoms with van der Waals surface area (Å²) in [6, 6.07) is 6.02. The molecule has 0 unspecified atom stereocenters. The monoisotopic (exact) mass is 364 g/mol. The van der Waals surface area contributed by atoms with E-state index in [1.54, 1.807) is 13.8 Å². The van der Waals surface area contributed by atoms with Gasteiger partial charge in [0.2, 0.25) is 0 Å². The van der Waals surface area contributed by atoms with Crippen molar-refractivity contribution >= 4 is 17.6 Å². The Kier molecular flexibility index (Phi) is 7.52. The van der Waals surface area contributed by atoms with Gasteiger partial charge in [0, 0.05) is 0 Å². The van der Waals surface area contributed by atoms with Crippen molar-refractivity contribution in [3.63, 3.8) is 0 Å². The molecule has 0 spiro atoms. The second-order valence-electron chi connectivity index (χ2n) is 5.27. The van der Waals surface area contributed by atoms with Crippen LogP contribution in [0.3, 0.4) is 0 Å². The molecule has 0 bridgehead atoms. The predicted octanol–water partition coefficient (Wildman–Crippen LogP) is 2.27. The molecule has 0 radical (unpaired) electrons. The molecule has 0 atom stereocenters. The van der Waals surface area contributed by atoms with Gasteiger partial charge in [-0.15, -0.1) is 0 Å². The van der Waals surface area contributed by atoms with Crippen LogP contribution in [0.15, 0.2) is 18.2 Å². The number of para-hydroxylation sites is 1. The van der Waals surface area contributed by atoms with Gasteiger partial charge in [0.1, 0.15) is 5.41 Å². The number of hydrogen-bond acceptors (Lipinski definition) is 8. The Morgan fingerprint density at radius 3 is 2.12 bits per heavy atom. The number of hydrogen-bond donors (Lipinski definition) is 0. The van der Waals surface area contributed by atoms with Crippen LogP contribution in [0.4, 0.5) is 5.69 Å². The molecule has 9 nitrogen and oxygen atoms in total. The molecule has 26 heavy (non-hydrogen) atoms. The molecule has 0 fully saturated rings. The zero-order valence-corrected chi connectivity index (χ0v) is 14.8. The van der Waals surface area contributed by atoms with E-state index in [0.29, 0.717) is 0 Å². The maximum Gasteiger partial charge on any atom is 0.315 e. The van der Waals surface area contributed by atoms with Crippen LogP contribution in [0, 0.1) is 21.4 Å². The summed E-state index contributed by atoms with van der Waals surface area (Å²) in [5.74, 6) is -1.59. The zero-order valence-electron chi connectivity index (χ0n) is 14.8.